The Kier molecular flexibility index (Phi) is 5.59. The number of methoxy groups -OCH3 is 1. The molecule has 1 aliphatic heterocycles. The molecule has 1 fully saturated rings. The zero-order chi connectivity index (χ0) is 15.2. The Bertz CT molecular complexity index is 478. The third-order valence-corrected chi connectivity index (χ3v) is 4.07. The second kappa shape index (κ2) is 7.43. The maximum Gasteiger partial charge on any atom is 0.321 e. The van der Waals surface area contributed by atoms with Gasteiger partial charge in [0.15, 0.2) is 0 Å². The highest BCUT2D eigenvalue weighted by Crippen LogP contribution is 2.18. The van der Waals surface area contributed by atoms with Crippen LogP contribution in [0.1, 0.15) is 31.4 Å². The molecule has 5 nitrogen and oxygen atoms in total. The highest BCUT2D eigenvalue weighted by atomic mass is 16.5. The van der Waals surface area contributed by atoms with Crippen LogP contribution in [0.2, 0.25) is 0 Å². The van der Waals surface area contributed by atoms with E-state index in [-0.39, 0.29) is 18.2 Å². The number of amides is 2. The maximum absolute atomic E-state index is 12.3. The normalized spacial score (nSPS) is 20.1. The molecule has 0 aromatic heterocycles. The molecule has 1 aromatic rings. The van der Waals surface area contributed by atoms with Gasteiger partial charge >= 0.3 is 6.03 Å². The minimum absolute atomic E-state index is 0.0500. The quantitative estimate of drug-likeness (QED) is 0.896. The van der Waals surface area contributed by atoms with Gasteiger partial charge in [0.25, 0.3) is 0 Å². The van der Waals surface area contributed by atoms with Crippen molar-refractivity contribution in [2.75, 3.05) is 32.6 Å². The summed E-state index contributed by atoms with van der Waals surface area (Å²) in [6.07, 6.45) is 2.17. The van der Waals surface area contributed by atoms with E-state index in [2.05, 4.69) is 23.6 Å². The van der Waals surface area contributed by atoms with Crippen LogP contribution in [0.3, 0.4) is 0 Å². The summed E-state index contributed by atoms with van der Waals surface area (Å²) in [7, 11) is 3.63. The largest absolute Gasteiger partial charge is 0.380 e. The lowest BCUT2D eigenvalue weighted by molar-refractivity contribution is 0.0458. The van der Waals surface area contributed by atoms with Gasteiger partial charge in [0, 0.05) is 31.9 Å². The van der Waals surface area contributed by atoms with Crippen molar-refractivity contribution in [2.45, 2.75) is 31.9 Å². The summed E-state index contributed by atoms with van der Waals surface area (Å²) in [5.74, 6) is 0. The average Bonchev–Trinajstić information content (AvgIpc) is 2.54. The molecule has 1 saturated heterocycles. The van der Waals surface area contributed by atoms with E-state index >= 15 is 0 Å². The molecule has 2 atom stereocenters. The topological polar surface area (TPSA) is 53.6 Å². The van der Waals surface area contributed by atoms with E-state index in [0.717, 1.165) is 30.6 Å². The number of urea groups is 1. The van der Waals surface area contributed by atoms with E-state index < -0.39 is 0 Å². The number of rotatable bonds is 4. The number of carbonyl (C=O) groups is 1. The number of hydrogen-bond acceptors (Lipinski definition) is 3. The number of nitrogens with one attached hydrogen (secondary N) is 2. The second-order valence-corrected chi connectivity index (χ2v) is 5.51. The third-order valence-electron chi connectivity index (χ3n) is 4.07. The van der Waals surface area contributed by atoms with Gasteiger partial charge in [0.05, 0.1) is 6.10 Å². The third kappa shape index (κ3) is 4.19. The van der Waals surface area contributed by atoms with Gasteiger partial charge in [-0.25, -0.2) is 4.79 Å². The summed E-state index contributed by atoms with van der Waals surface area (Å²) in [6.45, 7) is 3.54. The van der Waals surface area contributed by atoms with Crippen LogP contribution >= 0.6 is 0 Å². The van der Waals surface area contributed by atoms with Crippen LogP contribution in [0.4, 0.5) is 10.5 Å². The Hall–Kier alpha value is -1.59. The van der Waals surface area contributed by atoms with Gasteiger partial charge in [-0.1, -0.05) is 12.1 Å². The van der Waals surface area contributed by atoms with E-state index in [1.165, 1.54) is 0 Å². The number of carbonyl (C=O) groups excluding carboxylic acids is 1. The first kappa shape index (κ1) is 15.8. The molecule has 2 N–H and O–H groups in total. The molecule has 21 heavy (non-hydrogen) atoms. The summed E-state index contributed by atoms with van der Waals surface area (Å²) in [5, 5.41) is 6.18. The molecule has 0 spiro atoms. The van der Waals surface area contributed by atoms with Crippen LogP contribution in [-0.4, -0.2) is 44.3 Å². The molecule has 2 unspecified atom stereocenters. The predicted octanol–water partition coefficient (Wildman–Crippen LogP) is 2.61. The van der Waals surface area contributed by atoms with Crippen LogP contribution in [0, 0.1) is 0 Å². The minimum atomic E-state index is -0.0500. The molecule has 2 rings (SSSR count). The lowest BCUT2D eigenvalue weighted by atomic mass is 10.1. The Labute approximate surface area is 126 Å². The number of hydrogen-bond donors (Lipinski definition) is 2. The minimum Gasteiger partial charge on any atom is -0.380 e. The van der Waals surface area contributed by atoms with Gasteiger partial charge < -0.3 is 20.3 Å². The van der Waals surface area contributed by atoms with Crippen molar-refractivity contribution < 1.29 is 9.53 Å². The first-order chi connectivity index (χ1) is 10.1. The molecular weight excluding hydrogens is 266 g/mol. The fraction of sp³-hybridized carbons (Fsp3) is 0.562. The Balaban J connectivity index is 1.99. The van der Waals surface area contributed by atoms with E-state index in [9.17, 15) is 4.79 Å². The molecule has 1 heterocycles. The fourth-order valence-corrected chi connectivity index (χ4v) is 2.57. The fourth-order valence-electron chi connectivity index (χ4n) is 2.57. The van der Waals surface area contributed by atoms with Gasteiger partial charge in [-0.05, 0) is 44.5 Å². The predicted molar refractivity (Wildman–Crippen MR) is 84.5 cm³/mol. The Morgan fingerprint density at radius 1 is 1.48 bits per heavy atom. The van der Waals surface area contributed by atoms with Crippen LogP contribution < -0.4 is 10.6 Å². The van der Waals surface area contributed by atoms with Crippen molar-refractivity contribution >= 4 is 11.7 Å². The number of ether oxygens (including phenoxy) is 1. The standard InChI is InChI=1S/C16H25N3O2/c1-12(17-2)13-6-4-7-14(10-13)18-16(20)19-9-5-8-15(11-19)21-3/h4,6-7,10,12,15,17H,5,8-9,11H2,1-3H3,(H,18,20). The first-order valence-corrected chi connectivity index (χ1v) is 7.50. The van der Waals surface area contributed by atoms with Crippen LogP contribution in [0.15, 0.2) is 24.3 Å². The molecule has 2 amide bonds. The number of benzene rings is 1. The van der Waals surface area contributed by atoms with Crippen molar-refractivity contribution in [1.29, 1.82) is 0 Å². The monoisotopic (exact) mass is 291 g/mol. The van der Waals surface area contributed by atoms with Gasteiger partial charge in [-0.15, -0.1) is 0 Å². The van der Waals surface area contributed by atoms with Crippen molar-refractivity contribution in [3.63, 3.8) is 0 Å². The maximum atomic E-state index is 12.3. The zero-order valence-electron chi connectivity index (χ0n) is 13.1. The highest BCUT2D eigenvalue weighted by molar-refractivity contribution is 5.89. The second-order valence-electron chi connectivity index (χ2n) is 5.51. The summed E-state index contributed by atoms with van der Waals surface area (Å²) < 4.78 is 5.36. The average molecular weight is 291 g/mol. The van der Waals surface area contributed by atoms with Crippen LogP contribution in [-0.2, 0) is 4.74 Å². The van der Waals surface area contributed by atoms with Crippen molar-refractivity contribution in [2.24, 2.45) is 0 Å². The number of likely N-dealkylation sites (tertiary alicyclic amines) is 1. The van der Waals surface area contributed by atoms with Crippen molar-refractivity contribution in [1.82, 2.24) is 10.2 Å². The summed E-state index contributed by atoms with van der Waals surface area (Å²) >= 11 is 0. The van der Waals surface area contributed by atoms with Gasteiger partial charge in [0.1, 0.15) is 0 Å². The molecule has 0 aliphatic carbocycles. The molecule has 0 bridgehead atoms. The van der Waals surface area contributed by atoms with Crippen molar-refractivity contribution in [3.05, 3.63) is 29.8 Å². The van der Waals surface area contributed by atoms with E-state index in [1.807, 2.05) is 30.1 Å². The highest BCUT2D eigenvalue weighted by Gasteiger charge is 2.23. The first-order valence-electron chi connectivity index (χ1n) is 7.50. The number of nitrogens with zero attached hydrogens (tertiary/aromatic N) is 1. The van der Waals surface area contributed by atoms with Gasteiger partial charge in [-0.3, -0.25) is 0 Å². The molecule has 0 radical (unpaired) electrons. The SMILES string of the molecule is CNC(C)c1cccc(NC(=O)N2CCCC(OC)C2)c1. The van der Waals surface area contributed by atoms with E-state index in [4.69, 9.17) is 4.74 Å². The number of piperidine rings is 1. The summed E-state index contributed by atoms with van der Waals surface area (Å²) in [5.41, 5.74) is 1.99. The molecular formula is C16H25N3O2. The summed E-state index contributed by atoms with van der Waals surface area (Å²) in [4.78, 5) is 14.1. The van der Waals surface area contributed by atoms with Crippen LogP contribution in [0.25, 0.3) is 0 Å². The molecule has 1 aromatic carbocycles. The van der Waals surface area contributed by atoms with E-state index in [1.54, 1.807) is 7.11 Å². The van der Waals surface area contributed by atoms with Crippen molar-refractivity contribution in [3.8, 4) is 0 Å². The smallest absolute Gasteiger partial charge is 0.321 e. The molecule has 5 heteroatoms. The van der Waals surface area contributed by atoms with Crippen LogP contribution in [0.5, 0.6) is 0 Å². The van der Waals surface area contributed by atoms with Gasteiger partial charge in [0.2, 0.25) is 0 Å². The molecule has 0 saturated carbocycles. The van der Waals surface area contributed by atoms with E-state index in [0.29, 0.717) is 6.54 Å². The van der Waals surface area contributed by atoms with Gasteiger partial charge in [-0.2, -0.15) is 0 Å². The Morgan fingerprint density at radius 3 is 3.00 bits per heavy atom. The zero-order valence-corrected chi connectivity index (χ0v) is 13.1. The summed E-state index contributed by atoms with van der Waals surface area (Å²) in [6, 6.07) is 8.16. The lowest BCUT2D eigenvalue weighted by Crippen LogP contribution is -2.44. The number of anilines is 1. The molecule has 116 valence electrons. The molecule has 1 aliphatic rings. The lowest BCUT2D eigenvalue weighted by Gasteiger charge is -2.32. The Morgan fingerprint density at radius 2 is 2.29 bits per heavy atom.